The molecule has 0 radical (unpaired) electrons. The second kappa shape index (κ2) is 8.93. The second-order valence-electron chi connectivity index (χ2n) is 10.7. The molecule has 3 nitrogen and oxygen atoms in total. The molecule has 1 fully saturated rings. The van der Waals surface area contributed by atoms with Crippen LogP contribution in [0, 0.1) is 0 Å². The number of carbonyl (C=O) groups is 1. The molecule has 1 saturated heterocycles. The van der Waals surface area contributed by atoms with Crippen LogP contribution >= 0.6 is 0 Å². The minimum absolute atomic E-state index is 0.00553. The van der Waals surface area contributed by atoms with E-state index in [9.17, 15) is 4.79 Å². The van der Waals surface area contributed by atoms with Gasteiger partial charge in [-0.3, -0.25) is 9.69 Å². The number of nitrogens with one attached hydrogen (secondary N) is 1. The first kappa shape index (κ1) is 22.6. The first-order chi connectivity index (χ1) is 14.1. The number of likely N-dealkylation sites (tertiary alicyclic amines) is 1. The molecular formula is C27H38N2O. The highest BCUT2D eigenvalue weighted by molar-refractivity contribution is 5.94. The molecule has 0 bridgehead atoms. The summed E-state index contributed by atoms with van der Waals surface area (Å²) in [5, 5.41) is 3.20. The molecule has 1 heterocycles. The average Bonchev–Trinajstić information content (AvgIpc) is 3.21. The fraction of sp³-hybridized carbons (Fsp3) is 0.519. The average molecular weight is 407 g/mol. The maximum atomic E-state index is 12.8. The van der Waals surface area contributed by atoms with E-state index in [-0.39, 0.29) is 22.8 Å². The molecule has 2 aromatic carbocycles. The summed E-state index contributed by atoms with van der Waals surface area (Å²) in [6.45, 7) is 16.1. The number of rotatable bonds is 5. The third-order valence-corrected chi connectivity index (χ3v) is 6.21. The van der Waals surface area contributed by atoms with Gasteiger partial charge in [0.05, 0.1) is 6.04 Å². The third-order valence-electron chi connectivity index (χ3n) is 6.21. The standard InChI is InChI=1S/C27H38N2O/c1-26(2,3)22-13-9-20(10-14-22)24(29-17-7-8-18-29)19-28-25(30)21-11-15-23(16-12-21)27(4,5)6/h9-16,24H,7-8,17-19H2,1-6H3,(H,28,30). The number of amides is 1. The second-order valence-corrected chi connectivity index (χ2v) is 10.7. The molecule has 2 aromatic rings. The van der Waals surface area contributed by atoms with Gasteiger partial charge in [0.2, 0.25) is 0 Å². The zero-order valence-corrected chi connectivity index (χ0v) is 19.6. The van der Waals surface area contributed by atoms with E-state index in [1.54, 1.807) is 0 Å². The van der Waals surface area contributed by atoms with Crippen molar-refractivity contribution in [3.8, 4) is 0 Å². The highest BCUT2D eigenvalue weighted by atomic mass is 16.1. The van der Waals surface area contributed by atoms with Gasteiger partial charge in [-0.25, -0.2) is 0 Å². The summed E-state index contributed by atoms with van der Waals surface area (Å²) in [4.78, 5) is 15.3. The molecule has 1 N–H and O–H groups in total. The van der Waals surface area contributed by atoms with Crippen LogP contribution in [0.25, 0.3) is 0 Å². The minimum Gasteiger partial charge on any atom is -0.350 e. The quantitative estimate of drug-likeness (QED) is 0.676. The SMILES string of the molecule is CC(C)(C)c1ccc(C(=O)NCC(c2ccc(C(C)(C)C)cc2)N2CCCC2)cc1. The van der Waals surface area contributed by atoms with Crippen molar-refractivity contribution < 1.29 is 4.79 Å². The molecule has 0 spiro atoms. The van der Waals surface area contributed by atoms with Crippen LogP contribution in [0.15, 0.2) is 48.5 Å². The van der Waals surface area contributed by atoms with Crippen LogP contribution in [0.4, 0.5) is 0 Å². The molecule has 1 unspecified atom stereocenters. The van der Waals surface area contributed by atoms with E-state index < -0.39 is 0 Å². The molecule has 0 aromatic heterocycles. The Labute approximate surface area is 182 Å². The summed E-state index contributed by atoms with van der Waals surface area (Å²) in [5.74, 6) is 0.00553. The third kappa shape index (κ3) is 5.51. The Bertz CT molecular complexity index is 832. The molecule has 3 heteroatoms. The normalized spacial score (nSPS) is 16.5. The van der Waals surface area contributed by atoms with Crippen molar-refractivity contribution >= 4 is 5.91 Å². The van der Waals surface area contributed by atoms with E-state index in [1.165, 1.54) is 29.5 Å². The molecule has 1 aliphatic rings. The van der Waals surface area contributed by atoms with Gasteiger partial charge in [-0.05, 0) is 65.6 Å². The van der Waals surface area contributed by atoms with Gasteiger partial charge in [-0.15, -0.1) is 0 Å². The van der Waals surface area contributed by atoms with Crippen LogP contribution < -0.4 is 5.32 Å². The molecule has 1 aliphatic heterocycles. The highest BCUT2D eigenvalue weighted by Crippen LogP contribution is 2.28. The van der Waals surface area contributed by atoms with Crippen molar-refractivity contribution in [2.45, 2.75) is 71.3 Å². The summed E-state index contributed by atoms with van der Waals surface area (Å²) in [6, 6.07) is 17.2. The van der Waals surface area contributed by atoms with Crippen LogP contribution in [-0.4, -0.2) is 30.4 Å². The zero-order valence-electron chi connectivity index (χ0n) is 19.6. The summed E-state index contributed by atoms with van der Waals surface area (Å²) >= 11 is 0. The number of hydrogen-bond acceptors (Lipinski definition) is 2. The molecule has 0 saturated carbocycles. The lowest BCUT2D eigenvalue weighted by Gasteiger charge is -2.29. The van der Waals surface area contributed by atoms with E-state index in [4.69, 9.17) is 0 Å². The van der Waals surface area contributed by atoms with Gasteiger partial charge in [-0.2, -0.15) is 0 Å². The van der Waals surface area contributed by atoms with Gasteiger partial charge >= 0.3 is 0 Å². The summed E-state index contributed by atoms with van der Waals surface area (Å²) in [7, 11) is 0. The Morgan fingerprint density at radius 3 is 1.77 bits per heavy atom. The Morgan fingerprint density at radius 1 is 0.833 bits per heavy atom. The van der Waals surface area contributed by atoms with Crippen molar-refractivity contribution in [2.24, 2.45) is 0 Å². The molecular weight excluding hydrogens is 368 g/mol. The molecule has 0 aliphatic carbocycles. The highest BCUT2D eigenvalue weighted by Gasteiger charge is 2.25. The van der Waals surface area contributed by atoms with Gasteiger partial charge in [0, 0.05) is 12.1 Å². The molecule has 30 heavy (non-hydrogen) atoms. The fourth-order valence-corrected chi connectivity index (χ4v) is 4.13. The van der Waals surface area contributed by atoms with Gasteiger partial charge in [0.1, 0.15) is 0 Å². The number of hydrogen-bond donors (Lipinski definition) is 1. The van der Waals surface area contributed by atoms with E-state index in [0.717, 1.165) is 18.7 Å². The van der Waals surface area contributed by atoms with Crippen molar-refractivity contribution in [3.05, 3.63) is 70.8 Å². The largest absolute Gasteiger partial charge is 0.350 e. The predicted molar refractivity (Wildman–Crippen MR) is 126 cm³/mol. The van der Waals surface area contributed by atoms with Crippen molar-refractivity contribution in [2.75, 3.05) is 19.6 Å². The lowest BCUT2D eigenvalue weighted by atomic mass is 9.86. The smallest absolute Gasteiger partial charge is 0.251 e. The fourth-order valence-electron chi connectivity index (χ4n) is 4.13. The molecule has 162 valence electrons. The summed E-state index contributed by atoms with van der Waals surface area (Å²) in [5.41, 5.74) is 4.84. The lowest BCUT2D eigenvalue weighted by Crippen LogP contribution is -2.36. The number of nitrogens with zero attached hydrogens (tertiary/aromatic N) is 1. The Morgan fingerprint density at radius 2 is 1.30 bits per heavy atom. The van der Waals surface area contributed by atoms with Gasteiger partial charge in [0.25, 0.3) is 5.91 Å². The number of carbonyl (C=O) groups excluding carboxylic acids is 1. The minimum atomic E-state index is 0.00553. The Hall–Kier alpha value is -2.13. The van der Waals surface area contributed by atoms with Crippen molar-refractivity contribution in [1.29, 1.82) is 0 Å². The van der Waals surface area contributed by atoms with Crippen molar-refractivity contribution in [1.82, 2.24) is 10.2 Å². The monoisotopic (exact) mass is 406 g/mol. The summed E-state index contributed by atoms with van der Waals surface area (Å²) in [6.07, 6.45) is 2.47. The maximum absolute atomic E-state index is 12.8. The van der Waals surface area contributed by atoms with Gasteiger partial charge in [-0.1, -0.05) is 77.9 Å². The first-order valence-corrected chi connectivity index (χ1v) is 11.3. The number of benzene rings is 2. The van der Waals surface area contributed by atoms with Crippen LogP contribution in [0.2, 0.25) is 0 Å². The van der Waals surface area contributed by atoms with Gasteiger partial charge < -0.3 is 5.32 Å². The van der Waals surface area contributed by atoms with Crippen LogP contribution in [0.1, 0.15) is 87.5 Å². The Balaban J connectivity index is 1.72. The first-order valence-electron chi connectivity index (χ1n) is 11.3. The maximum Gasteiger partial charge on any atom is 0.251 e. The summed E-state index contributed by atoms with van der Waals surface area (Å²) < 4.78 is 0. The van der Waals surface area contributed by atoms with Crippen LogP contribution in [-0.2, 0) is 10.8 Å². The lowest BCUT2D eigenvalue weighted by molar-refractivity contribution is 0.0938. The zero-order chi connectivity index (χ0) is 21.9. The molecule has 1 atom stereocenters. The van der Waals surface area contributed by atoms with E-state index in [2.05, 4.69) is 88.2 Å². The topological polar surface area (TPSA) is 32.3 Å². The van der Waals surface area contributed by atoms with E-state index in [0.29, 0.717) is 6.54 Å². The predicted octanol–water partition coefficient (Wildman–Crippen LogP) is 5.85. The molecule has 3 rings (SSSR count). The van der Waals surface area contributed by atoms with Crippen LogP contribution in [0.5, 0.6) is 0 Å². The van der Waals surface area contributed by atoms with Crippen LogP contribution in [0.3, 0.4) is 0 Å². The van der Waals surface area contributed by atoms with Gasteiger partial charge in [0.15, 0.2) is 0 Å². The van der Waals surface area contributed by atoms with E-state index in [1.807, 2.05) is 12.1 Å². The van der Waals surface area contributed by atoms with E-state index >= 15 is 0 Å². The Kier molecular flexibility index (Phi) is 6.71. The van der Waals surface area contributed by atoms with Crippen molar-refractivity contribution in [3.63, 3.8) is 0 Å². The molecule has 1 amide bonds.